The van der Waals surface area contributed by atoms with Gasteiger partial charge in [0.25, 0.3) is 11.8 Å². The summed E-state index contributed by atoms with van der Waals surface area (Å²) in [4.78, 5) is 11.6. The number of aromatic nitrogens is 2. The van der Waals surface area contributed by atoms with E-state index in [0.29, 0.717) is 0 Å². The van der Waals surface area contributed by atoms with Crippen molar-refractivity contribution in [1.82, 2.24) is 15.1 Å². The smallest absolute Gasteiger partial charge is 0.277 e. The van der Waals surface area contributed by atoms with E-state index in [0.717, 1.165) is 5.69 Å². The van der Waals surface area contributed by atoms with E-state index in [1.165, 1.54) is 0 Å². The summed E-state index contributed by atoms with van der Waals surface area (Å²) >= 11 is 0. The number of nitrogens with zero attached hydrogens (tertiary/aromatic N) is 2. The molecule has 0 saturated heterocycles. The molecule has 1 aromatic heterocycles. The number of rotatable bonds is 5. The normalized spacial score (nSPS) is 11.3. The summed E-state index contributed by atoms with van der Waals surface area (Å²) in [5.41, 5.74) is 5.88. The number of alkyl halides is 2. The quantitative estimate of drug-likeness (QED) is 0.860. The van der Waals surface area contributed by atoms with Crippen LogP contribution in [0.15, 0.2) is 6.07 Å². The Labute approximate surface area is 116 Å². The minimum atomic E-state index is -3.09. The van der Waals surface area contributed by atoms with Gasteiger partial charge in [0, 0.05) is 12.7 Å². The third kappa shape index (κ3) is 4.76. The van der Waals surface area contributed by atoms with Crippen LogP contribution in [0.25, 0.3) is 0 Å². The molecule has 0 radical (unpaired) electrons. The Morgan fingerprint density at radius 1 is 1.58 bits per heavy atom. The summed E-state index contributed by atoms with van der Waals surface area (Å²) in [6, 6.07) is 1.60. The lowest BCUT2D eigenvalue weighted by Gasteiger charge is -2.13. The fourth-order valence-electron chi connectivity index (χ4n) is 1.51. The van der Waals surface area contributed by atoms with Gasteiger partial charge in [0.2, 0.25) is 0 Å². The molecule has 0 aliphatic rings. The number of hydrogen-bond acceptors (Lipinski definition) is 3. The van der Waals surface area contributed by atoms with Crippen LogP contribution in [0.2, 0.25) is 0 Å². The van der Waals surface area contributed by atoms with Gasteiger partial charge in [-0.3, -0.25) is 9.48 Å². The zero-order chi connectivity index (χ0) is 13.9. The first-order valence-electron chi connectivity index (χ1n) is 5.67. The molecule has 5 nitrogen and oxygen atoms in total. The molecule has 0 spiro atoms. The third-order valence-corrected chi connectivity index (χ3v) is 2.55. The number of carbonyl (C=O) groups is 1. The zero-order valence-corrected chi connectivity index (χ0v) is 11.9. The lowest BCUT2D eigenvalue weighted by Crippen LogP contribution is -2.41. The van der Waals surface area contributed by atoms with Crippen LogP contribution in [-0.4, -0.2) is 34.7 Å². The van der Waals surface area contributed by atoms with E-state index in [-0.39, 0.29) is 24.0 Å². The molecule has 0 aliphatic heterocycles. The van der Waals surface area contributed by atoms with Crippen LogP contribution in [0.5, 0.6) is 0 Å². The Morgan fingerprint density at radius 2 is 2.16 bits per heavy atom. The molecular weight excluding hydrogens is 278 g/mol. The Kier molecular flexibility index (Phi) is 6.38. The van der Waals surface area contributed by atoms with Crippen LogP contribution >= 0.6 is 12.4 Å². The molecule has 1 amide bonds. The van der Waals surface area contributed by atoms with Gasteiger partial charge in [-0.05, 0) is 12.0 Å². The Morgan fingerprint density at radius 3 is 2.58 bits per heavy atom. The van der Waals surface area contributed by atoms with Crippen molar-refractivity contribution in [3.8, 4) is 0 Å². The van der Waals surface area contributed by atoms with E-state index in [4.69, 9.17) is 5.73 Å². The van der Waals surface area contributed by atoms with Crippen molar-refractivity contribution >= 4 is 18.3 Å². The number of aryl methyl sites for hydroxylation is 1. The monoisotopic (exact) mass is 296 g/mol. The zero-order valence-electron chi connectivity index (χ0n) is 11.1. The van der Waals surface area contributed by atoms with Gasteiger partial charge in [0.15, 0.2) is 0 Å². The lowest BCUT2D eigenvalue weighted by molar-refractivity contribution is 0.0118. The summed E-state index contributed by atoms with van der Waals surface area (Å²) in [5.74, 6) is -3.51. The van der Waals surface area contributed by atoms with Crippen molar-refractivity contribution in [3.05, 3.63) is 17.5 Å². The summed E-state index contributed by atoms with van der Waals surface area (Å²) in [5, 5.41) is 6.11. The van der Waals surface area contributed by atoms with Crippen molar-refractivity contribution in [2.75, 3.05) is 13.1 Å². The molecule has 1 rings (SSSR count). The third-order valence-electron chi connectivity index (χ3n) is 2.55. The molecule has 1 aromatic rings. The van der Waals surface area contributed by atoms with Gasteiger partial charge in [-0.15, -0.1) is 12.4 Å². The molecule has 19 heavy (non-hydrogen) atoms. The maximum atomic E-state index is 12.9. The number of nitrogens with one attached hydrogen (secondary N) is 1. The molecule has 0 saturated carbocycles. The van der Waals surface area contributed by atoms with E-state index < -0.39 is 24.9 Å². The van der Waals surface area contributed by atoms with Gasteiger partial charge in [-0.1, -0.05) is 13.8 Å². The Balaban J connectivity index is 0.00000324. The molecule has 0 fully saturated rings. The number of hydrogen-bond donors (Lipinski definition) is 2. The Bertz CT molecular complexity index is 434. The topological polar surface area (TPSA) is 72.9 Å². The highest BCUT2D eigenvalue weighted by atomic mass is 35.5. The van der Waals surface area contributed by atoms with Crippen LogP contribution in [0.4, 0.5) is 8.78 Å². The van der Waals surface area contributed by atoms with Crippen LogP contribution in [-0.2, 0) is 7.05 Å². The number of nitrogens with two attached hydrogens (primary N) is 1. The summed E-state index contributed by atoms with van der Waals surface area (Å²) in [6.07, 6.45) is 0. The van der Waals surface area contributed by atoms with E-state index >= 15 is 0 Å². The van der Waals surface area contributed by atoms with Crippen LogP contribution in [0, 0.1) is 0 Å². The molecule has 0 unspecified atom stereocenters. The molecule has 3 N–H and O–H groups in total. The van der Waals surface area contributed by atoms with E-state index in [1.54, 1.807) is 17.8 Å². The summed E-state index contributed by atoms with van der Waals surface area (Å²) in [7, 11) is 1.71. The maximum absolute atomic E-state index is 12.9. The lowest BCUT2D eigenvalue weighted by atomic mass is 10.1. The second-order valence-electron chi connectivity index (χ2n) is 4.48. The summed E-state index contributed by atoms with van der Waals surface area (Å²) in [6.45, 7) is 2.34. The van der Waals surface area contributed by atoms with Crippen LogP contribution < -0.4 is 11.1 Å². The average Bonchev–Trinajstić information content (AvgIpc) is 2.68. The maximum Gasteiger partial charge on any atom is 0.277 e. The highest BCUT2D eigenvalue weighted by molar-refractivity contribution is 5.92. The van der Waals surface area contributed by atoms with Crippen molar-refractivity contribution in [2.24, 2.45) is 12.8 Å². The van der Waals surface area contributed by atoms with E-state index in [9.17, 15) is 13.6 Å². The van der Waals surface area contributed by atoms with Gasteiger partial charge in [0.05, 0.1) is 13.1 Å². The largest absolute Gasteiger partial charge is 0.345 e. The molecular formula is C11H19ClF2N4O. The van der Waals surface area contributed by atoms with Crippen LogP contribution in [0.1, 0.15) is 35.9 Å². The van der Waals surface area contributed by atoms with E-state index in [2.05, 4.69) is 10.4 Å². The van der Waals surface area contributed by atoms with Crippen molar-refractivity contribution in [1.29, 1.82) is 0 Å². The minimum absolute atomic E-state index is 0. The standard InChI is InChI=1S/C11H18F2N4O.ClH/c1-7(2)9-4-8(16-17(9)3)10(18)15-6-11(12,13)5-14;/h4,7H,5-6,14H2,1-3H3,(H,15,18);1H. The number of amides is 1. The molecule has 0 aliphatic carbocycles. The molecule has 0 atom stereocenters. The first kappa shape index (κ1) is 17.8. The first-order chi connectivity index (χ1) is 8.26. The highest BCUT2D eigenvalue weighted by Crippen LogP contribution is 2.15. The second-order valence-corrected chi connectivity index (χ2v) is 4.48. The highest BCUT2D eigenvalue weighted by Gasteiger charge is 2.28. The van der Waals surface area contributed by atoms with Gasteiger partial charge in [-0.25, -0.2) is 8.78 Å². The fourth-order valence-corrected chi connectivity index (χ4v) is 1.51. The Hall–Kier alpha value is -1.21. The molecule has 1 heterocycles. The van der Waals surface area contributed by atoms with Gasteiger partial charge in [-0.2, -0.15) is 5.10 Å². The first-order valence-corrected chi connectivity index (χ1v) is 5.67. The fraction of sp³-hybridized carbons (Fsp3) is 0.636. The summed E-state index contributed by atoms with van der Waals surface area (Å²) < 4.78 is 27.3. The molecule has 110 valence electrons. The predicted octanol–water partition coefficient (Wildman–Crippen LogP) is 1.29. The van der Waals surface area contributed by atoms with Crippen LogP contribution in [0.3, 0.4) is 0 Å². The minimum Gasteiger partial charge on any atom is -0.345 e. The SMILES string of the molecule is CC(C)c1cc(C(=O)NCC(F)(F)CN)nn1C.Cl. The predicted molar refractivity (Wildman–Crippen MR) is 70.9 cm³/mol. The van der Waals surface area contributed by atoms with Crippen molar-refractivity contribution in [2.45, 2.75) is 25.7 Å². The molecule has 8 heteroatoms. The van der Waals surface area contributed by atoms with Crippen molar-refractivity contribution in [3.63, 3.8) is 0 Å². The van der Waals surface area contributed by atoms with Gasteiger partial charge in [0.1, 0.15) is 5.69 Å². The number of carbonyl (C=O) groups excluding carboxylic acids is 1. The van der Waals surface area contributed by atoms with Crippen molar-refractivity contribution < 1.29 is 13.6 Å². The second kappa shape index (κ2) is 6.81. The molecule has 0 bridgehead atoms. The van der Waals surface area contributed by atoms with E-state index in [1.807, 2.05) is 13.8 Å². The van der Waals surface area contributed by atoms with Gasteiger partial charge < -0.3 is 11.1 Å². The number of halogens is 3. The molecule has 0 aromatic carbocycles. The van der Waals surface area contributed by atoms with Gasteiger partial charge >= 0.3 is 0 Å². The average molecular weight is 297 g/mol.